The summed E-state index contributed by atoms with van der Waals surface area (Å²) in [6.45, 7) is 1.24. The molecule has 0 spiro atoms. The second-order valence-corrected chi connectivity index (χ2v) is 7.08. The molecule has 0 fully saturated rings. The summed E-state index contributed by atoms with van der Waals surface area (Å²) in [5, 5.41) is 10.1. The van der Waals surface area contributed by atoms with Crippen LogP contribution in [0.15, 0.2) is 54.6 Å². The van der Waals surface area contributed by atoms with Crippen LogP contribution in [0.1, 0.15) is 33.1 Å². The molecule has 1 atom stereocenters. The first kappa shape index (κ1) is 18.9. The summed E-state index contributed by atoms with van der Waals surface area (Å²) in [6, 6.07) is 16.9. The quantitative estimate of drug-likeness (QED) is 0.621. The Morgan fingerprint density at radius 1 is 1.14 bits per heavy atom. The van der Waals surface area contributed by atoms with Crippen LogP contribution >= 0.6 is 0 Å². The molecule has 0 aliphatic carbocycles. The van der Waals surface area contributed by atoms with Gasteiger partial charge in [-0.1, -0.05) is 42.5 Å². The number of hydrogen-bond acceptors (Lipinski definition) is 4. The molecule has 4 rings (SSSR count). The molecule has 0 bridgehead atoms. The van der Waals surface area contributed by atoms with Crippen LogP contribution in [0.5, 0.6) is 0 Å². The van der Waals surface area contributed by atoms with E-state index in [0.29, 0.717) is 18.7 Å². The first-order chi connectivity index (χ1) is 14.1. The molecule has 0 saturated heterocycles. The van der Waals surface area contributed by atoms with E-state index in [2.05, 4.69) is 15.5 Å². The summed E-state index contributed by atoms with van der Waals surface area (Å²) in [4.78, 5) is 26.7. The maximum atomic E-state index is 13.1. The molecule has 1 unspecified atom stereocenters. The lowest BCUT2D eigenvalue weighted by Crippen LogP contribution is -2.34. The summed E-state index contributed by atoms with van der Waals surface area (Å²) >= 11 is 0. The van der Waals surface area contributed by atoms with Crippen LogP contribution in [0, 0.1) is 0 Å². The fourth-order valence-electron chi connectivity index (χ4n) is 3.74. The van der Waals surface area contributed by atoms with Gasteiger partial charge >= 0.3 is 0 Å². The molecule has 1 aliphatic rings. The van der Waals surface area contributed by atoms with Gasteiger partial charge in [-0.25, -0.2) is 0 Å². The molecule has 1 aromatic heterocycles. The zero-order chi connectivity index (χ0) is 20.4. The fourth-order valence-corrected chi connectivity index (χ4v) is 3.74. The van der Waals surface area contributed by atoms with Gasteiger partial charge in [0.05, 0.1) is 30.4 Å². The number of hydrogen-bond donors (Lipinski definition) is 3. The largest absolute Gasteiger partial charge is 0.355 e. The number of nitrogens with two attached hydrogens (primary N) is 1. The van der Waals surface area contributed by atoms with Crippen LogP contribution in [0.25, 0.3) is 11.3 Å². The van der Waals surface area contributed by atoms with E-state index in [-0.39, 0.29) is 24.3 Å². The topological polar surface area (TPSA) is 104 Å². The number of benzene rings is 2. The fraction of sp³-hybridized carbons (Fsp3) is 0.227. The number of nitrogens with one attached hydrogen (secondary N) is 2. The molecule has 7 heteroatoms. The minimum Gasteiger partial charge on any atom is -0.355 e. The lowest BCUT2D eigenvalue weighted by atomic mass is 9.98. The Balaban J connectivity index is 1.54. The molecule has 0 saturated carbocycles. The summed E-state index contributed by atoms with van der Waals surface area (Å²) < 4.78 is 0. The van der Waals surface area contributed by atoms with Crippen LogP contribution in [-0.2, 0) is 17.9 Å². The SMILES string of the molecule is CNC(=O)c1ccc(-c2n[nH]c3c2CN(C(=O)C(CN)c2ccccc2)C3)cc1. The summed E-state index contributed by atoms with van der Waals surface area (Å²) in [6.07, 6.45) is 0. The number of carbonyl (C=O) groups excluding carboxylic acids is 2. The molecule has 7 nitrogen and oxygen atoms in total. The van der Waals surface area contributed by atoms with Crippen LogP contribution in [0.3, 0.4) is 0 Å². The molecule has 0 radical (unpaired) electrons. The van der Waals surface area contributed by atoms with E-state index in [1.54, 1.807) is 19.2 Å². The van der Waals surface area contributed by atoms with E-state index in [4.69, 9.17) is 5.73 Å². The normalized spacial score (nSPS) is 13.8. The van der Waals surface area contributed by atoms with Crippen molar-refractivity contribution in [3.63, 3.8) is 0 Å². The Kier molecular flexibility index (Phi) is 5.14. The number of fused-ring (bicyclic) bond motifs is 1. The van der Waals surface area contributed by atoms with E-state index in [0.717, 1.165) is 28.1 Å². The highest BCUT2D eigenvalue weighted by Gasteiger charge is 2.32. The van der Waals surface area contributed by atoms with Crippen LogP contribution in [0.2, 0.25) is 0 Å². The van der Waals surface area contributed by atoms with Crippen molar-refractivity contribution in [2.24, 2.45) is 5.73 Å². The molecule has 4 N–H and O–H groups in total. The highest BCUT2D eigenvalue weighted by molar-refractivity contribution is 5.94. The summed E-state index contributed by atoms with van der Waals surface area (Å²) in [5.74, 6) is -0.470. The highest BCUT2D eigenvalue weighted by Crippen LogP contribution is 2.32. The van der Waals surface area contributed by atoms with E-state index < -0.39 is 0 Å². The third kappa shape index (κ3) is 3.52. The monoisotopic (exact) mass is 389 g/mol. The van der Waals surface area contributed by atoms with Crippen molar-refractivity contribution in [1.29, 1.82) is 0 Å². The van der Waals surface area contributed by atoms with Gasteiger partial charge in [-0.2, -0.15) is 5.10 Å². The Labute approximate surface area is 168 Å². The lowest BCUT2D eigenvalue weighted by Gasteiger charge is -2.22. The predicted molar refractivity (Wildman–Crippen MR) is 110 cm³/mol. The maximum absolute atomic E-state index is 13.1. The number of amides is 2. The number of rotatable bonds is 5. The van der Waals surface area contributed by atoms with Gasteiger partial charge in [-0.05, 0) is 17.7 Å². The Morgan fingerprint density at radius 2 is 1.86 bits per heavy atom. The smallest absolute Gasteiger partial charge is 0.251 e. The van der Waals surface area contributed by atoms with Crippen molar-refractivity contribution >= 4 is 11.8 Å². The minimum absolute atomic E-state index is 0.0178. The zero-order valence-electron chi connectivity index (χ0n) is 16.2. The first-order valence-corrected chi connectivity index (χ1v) is 9.54. The average Bonchev–Trinajstić information content (AvgIpc) is 3.35. The summed E-state index contributed by atoms with van der Waals surface area (Å²) in [7, 11) is 1.60. The molecule has 2 amide bonds. The molecule has 3 aromatic rings. The van der Waals surface area contributed by atoms with Crippen molar-refractivity contribution in [3.05, 3.63) is 77.0 Å². The number of H-pyrrole nitrogens is 1. The van der Waals surface area contributed by atoms with Crippen molar-refractivity contribution in [2.75, 3.05) is 13.6 Å². The van der Waals surface area contributed by atoms with Gasteiger partial charge in [0.15, 0.2) is 0 Å². The highest BCUT2D eigenvalue weighted by atomic mass is 16.2. The van der Waals surface area contributed by atoms with Crippen LogP contribution < -0.4 is 11.1 Å². The molecule has 29 heavy (non-hydrogen) atoms. The number of nitrogens with zero attached hydrogens (tertiary/aromatic N) is 2. The summed E-state index contributed by atoms with van der Waals surface area (Å²) in [5.41, 5.74) is 11.1. The van der Waals surface area contributed by atoms with Gasteiger partial charge in [0.25, 0.3) is 5.91 Å². The Bertz CT molecular complexity index is 1030. The van der Waals surface area contributed by atoms with Crippen LogP contribution in [0.4, 0.5) is 0 Å². The standard InChI is InChI=1S/C22H23N5O2/c1-24-21(28)16-9-7-15(8-10-16)20-18-12-27(13-19(18)25-26-20)22(29)17(11-23)14-5-3-2-4-6-14/h2-10,17H,11-13,23H2,1H3,(H,24,28)(H,25,26). The van der Waals surface area contributed by atoms with E-state index in [1.165, 1.54) is 0 Å². The second kappa shape index (κ2) is 7.89. The average molecular weight is 389 g/mol. The third-order valence-corrected chi connectivity index (χ3v) is 5.35. The van der Waals surface area contributed by atoms with Crippen molar-refractivity contribution < 1.29 is 9.59 Å². The Morgan fingerprint density at radius 3 is 2.52 bits per heavy atom. The Hall–Kier alpha value is -3.45. The molecular formula is C22H23N5O2. The molecule has 148 valence electrons. The third-order valence-electron chi connectivity index (χ3n) is 5.35. The van der Waals surface area contributed by atoms with Gasteiger partial charge in [-0.15, -0.1) is 0 Å². The number of carbonyl (C=O) groups is 2. The van der Waals surface area contributed by atoms with Gasteiger partial charge in [0.2, 0.25) is 5.91 Å². The molecule has 2 heterocycles. The van der Waals surface area contributed by atoms with Gasteiger partial charge in [0, 0.05) is 30.3 Å². The van der Waals surface area contributed by atoms with Gasteiger partial charge in [-0.3, -0.25) is 14.7 Å². The lowest BCUT2D eigenvalue weighted by molar-refractivity contribution is -0.133. The van der Waals surface area contributed by atoms with E-state index in [9.17, 15) is 9.59 Å². The molecular weight excluding hydrogens is 366 g/mol. The van der Waals surface area contributed by atoms with Crippen LogP contribution in [-0.4, -0.2) is 40.5 Å². The van der Waals surface area contributed by atoms with Gasteiger partial charge in [0.1, 0.15) is 0 Å². The van der Waals surface area contributed by atoms with E-state index in [1.807, 2.05) is 47.4 Å². The zero-order valence-corrected chi connectivity index (χ0v) is 16.2. The predicted octanol–water partition coefficient (Wildman–Crippen LogP) is 2.02. The minimum atomic E-state index is -0.358. The van der Waals surface area contributed by atoms with Crippen molar-refractivity contribution in [3.8, 4) is 11.3 Å². The number of aromatic nitrogens is 2. The van der Waals surface area contributed by atoms with Crippen molar-refractivity contribution in [2.45, 2.75) is 19.0 Å². The maximum Gasteiger partial charge on any atom is 0.251 e. The van der Waals surface area contributed by atoms with Crippen molar-refractivity contribution in [1.82, 2.24) is 20.4 Å². The van der Waals surface area contributed by atoms with Gasteiger partial charge < -0.3 is 16.0 Å². The van der Waals surface area contributed by atoms with E-state index >= 15 is 0 Å². The molecule has 1 aliphatic heterocycles. The number of aromatic amines is 1. The molecule has 2 aromatic carbocycles. The second-order valence-electron chi connectivity index (χ2n) is 7.08. The first-order valence-electron chi connectivity index (χ1n) is 9.54.